The fraction of sp³-hybridized carbons (Fsp3) is 0.417. The maximum atomic E-state index is 11.3. The fourth-order valence-corrected chi connectivity index (χ4v) is 1.42. The van der Waals surface area contributed by atoms with Crippen LogP contribution in [0.5, 0.6) is 5.75 Å². The van der Waals surface area contributed by atoms with Gasteiger partial charge in [-0.1, -0.05) is 23.7 Å². The van der Waals surface area contributed by atoms with Crippen LogP contribution >= 0.6 is 24.0 Å². The van der Waals surface area contributed by atoms with Crippen LogP contribution < -0.4 is 15.8 Å². The van der Waals surface area contributed by atoms with Gasteiger partial charge in [-0.25, -0.2) is 0 Å². The molecule has 0 spiro atoms. The second-order valence-corrected chi connectivity index (χ2v) is 3.93. The Morgan fingerprint density at radius 1 is 1.39 bits per heavy atom. The number of hydrogen-bond acceptors (Lipinski definition) is 3. The van der Waals surface area contributed by atoms with Crippen LogP contribution in [0.3, 0.4) is 0 Å². The average Bonchev–Trinajstić information content (AvgIpc) is 2.32. The normalized spacial score (nSPS) is 9.44. The third-order valence-electron chi connectivity index (χ3n) is 2.13. The monoisotopic (exact) mass is 292 g/mol. The Bertz CT molecular complexity index is 362. The topological polar surface area (TPSA) is 64.3 Å². The van der Waals surface area contributed by atoms with Gasteiger partial charge < -0.3 is 15.8 Å². The van der Waals surface area contributed by atoms with Gasteiger partial charge in [0.15, 0.2) is 0 Å². The van der Waals surface area contributed by atoms with Crippen molar-refractivity contribution in [3.63, 3.8) is 0 Å². The molecule has 1 aromatic carbocycles. The molecule has 4 nitrogen and oxygen atoms in total. The molecule has 3 N–H and O–H groups in total. The zero-order valence-corrected chi connectivity index (χ0v) is 11.6. The van der Waals surface area contributed by atoms with E-state index in [4.69, 9.17) is 22.1 Å². The van der Waals surface area contributed by atoms with Crippen LogP contribution in [0.25, 0.3) is 0 Å². The number of rotatable bonds is 7. The number of amides is 1. The van der Waals surface area contributed by atoms with Gasteiger partial charge in [0.2, 0.25) is 5.91 Å². The quantitative estimate of drug-likeness (QED) is 0.756. The van der Waals surface area contributed by atoms with Crippen molar-refractivity contribution < 1.29 is 9.53 Å². The Morgan fingerprint density at radius 2 is 2.11 bits per heavy atom. The second-order valence-electron chi connectivity index (χ2n) is 3.52. The highest BCUT2D eigenvalue weighted by atomic mass is 35.5. The minimum absolute atomic E-state index is 0. The maximum Gasteiger partial charge on any atom is 0.223 e. The predicted octanol–water partition coefficient (Wildman–Crippen LogP) is 2.00. The summed E-state index contributed by atoms with van der Waals surface area (Å²) in [4.78, 5) is 11.3. The Kier molecular flexibility index (Phi) is 9.46. The standard InChI is InChI=1S/C12H17ClN2O2.ClH/c13-10-4-1-2-5-11(10)17-9-6-12(16)15-8-3-7-14;/h1-2,4-5H,3,6-9,14H2,(H,15,16);1H. The van der Waals surface area contributed by atoms with Gasteiger partial charge in [0, 0.05) is 6.54 Å². The van der Waals surface area contributed by atoms with Gasteiger partial charge in [-0.3, -0.25) is 4.79 Å². The van der Waals surface area contributed by atoms with Crippen molar-refractivity contribution in [3.8, 4) is 5.75 Å². The smallest absolute Gasteiger partial charge is 0.223 e. The van der Waals surface area contributed by atoms with Crippen molar-refractivity contribution in [2.45, 2.75) is 12.8 Å². The summed E-state index contributed by atoms with van der Waals surface area (Å²) >= 11 is 5.90. The molecule has 0 saturated heterocycles. The van der Waals surface area contributed by atoms with Gasteiger partial charge in [-0.2, -0.15) is 0 Å². The molecule has 1 amide bonds. The molecule has 0 heterocycles. The number of carbonyl (C=O) groups excluding carboxylic acids is 1. The van der Waals surface area contributed by atoms with E-state index in [2.05, 4.69) is 5.32 Å². The van der Waals surface area contributed by atoms with E-state index in [1.165, 1.54) is 0 Å². The van der Waals surface area contributed by atoms with Crippen molar-refractivity contribution >= 4 is 29.9 Å². The highest BCUT2D eigenvalue weighted by Crippen LogP contribution is 2.22. The molecule has 1 aromatic rings. The van der Waals surface area contributed by atoms with E-state index in [0.29, 0.717) is 36.9 Å². The van der Waals surface area contributed by atoms with Crippen molar-refractivity contribution in [1.82, 2.24) is 5.32 Å². The lowest BCUT2D eigenvalue weighted by Crippen LogP contribution is -2.27. The molecule has 102 valence electrons. The first-order chi connectivity index (χ1) is 8.24. The van der Waals surface area contributed by atoms with Crippen LogP contribution in [-0.4, -0.2) is 25.6 Å². The molecule has 0 aliphatic carbocycles. The highest BCUT2D eigenvalue weighted by molar-refractivity contribution is 6.32. The molecule has 0 bridgehead atoms. The van der Waals surface area contributed by atoms with Gasteiger partial charge in [-0.05, 0) is 25.1 Å². The summed E-state index contributed by atoms with van der Waals surface area (Å²) < 4.78 is 5.40. The van der Waals surface area contributed by atoms with Crippen LogP contribution in [0.4, 0.5) is 0 Å². The molecule has 0 aliphatic rings. The van der Waals surface area contributed by atoms with E-state index in [1.807, 2.05) is 12.1 Å². The summed E-state index contributed by atoms with van der Waals surface area (Å²) in [5, 5.41) is 3.30. The minimum atomic E-state index is -0.0366. The molecule has 0 aromatic heterocycles. The van der Waals surface area contributed by atoms with E-state index < -0.39 is 0 Å². The zero-order chi connectivity index (χ0) is 12.5. The summed E-state index contributed by atoms with van der Waals surface area (Å²) in [7, 11) is 0. The number of para-hydroxylation sites is 1. The molecule has 0 saturated carbocycles. The van der Waals surface area contributed by atoms with Crippen LogP contribution in [0.2, 0.25) is 5.02 Å². The Balaban J connectivity index is 0.00000289. The summed E-state index contributed by atoms with van der Waals surface area (Å²) in [6.45, 7) is 1.51. The van der Waals surface area contributed by atoms with Gasteiger partial charge in [0.05, 0.1) is 18.1 Å². The van der Waals surface area contributed by atoms with Gasteiger partial charge in [-0.15, -0.1) is 12.4 Å². The van der Waals surface area contributed by atoms with Crippen molar-refractivity contribution in [1.29, 1.82) is 0 Å². The first-order valence-corrected chi connectivity index (χ1v) is 5.96. The molecule has 1 rings (SSSR count). The summed E-state index contributed by atoms with van der Waals surface area (Å²) in [6.07, 6.45) is 1.10. The number of benzene rings is 1. The SMILES string of the molecule is Cl.NCCCNC(=O)CCOc1ccccc1Cl. The van der Waals surface area contributed by atoms with Crippen LogP contribution in [-0.2, 0) is 4.79 Å². The van der Waals surface area contributed by atoms with Crippen LogP contribution in [0, 0.1) is 0 Å². The maximum absolute atomic E-state index is 11.3. The number of carbonyl (C=O) groups is 1. The van der Waals surface area contributed by atoms with Crippen LogP contribution in [0.1, 0.15) is 12.8 Å². The van der Waals surface area contributed by atoms with Crippen molar-refractivity contribution in [2.75, 3.05) is 19.7 Å². The second kappa shape index (κ2) is 10.00. The van der Waals surface area contributed by atoms with E-state index in [9.17, 15) is 4.79 Å². The summed E-state index contributed by atoms with van der Waals surface area (Å²) in [5.41, 5.74) is 5.32. The Labute approximate surface area is 118 Å². The molecule has 6 heteroatoms. The lowest BCUT2D eigenvalue weighted by Gasteiger charge is -2.08. The average molecular weight is 293 g/mol. The molecular formula is C12H18Cl2N2O2. The third-order valence-corrected chi connectivity index (χ3v) is 2.44. The number of hydrogen-bond donors (Lipinski definition) is 2. The third kappa shape index (κ3) is 6.69. The van der Waals surface area contributed by atoms with E-state index in [0.717, 1.165) is 6.42 Å². The van der Waals surface area contributed by atoms with E-state index in [1.54, 1.807) is 12.1 Å². The molecular weight excluding hydrogens is 275 g/mol. The first kappa shape index (κ1) is 17.0. The minimum Gasteiger partial charge on any atom is -0.491 e. The molecule has 0 atom stereocenters. The number of nitrogens with one attached hydrogen (secondary N) is 1. The lowest BCUT2D eigenvalue weighted by molar-refractivity contribution is -0.121. The lowest BCUT2D eigenvalue weighted by atomic mass is 10.3. The molecule has 0 fully saturated rings. The number of nitrogens with two attached hydrogens (primary N) is 1. The fourth-order valence-electron chi connectivity index (χ4n) is 1.23. The molecule has 0 unspecified atom stereocenters. The number of ether oxygens (including phenoxy) is 1. The van der Waals surface area contributed by atoms with E-state index >= 15 is 0 Å². The van der Waals surface area contributed by atoms with Gasteiger partial charge >= 0.3 is 0 Å². The molecule has 0 aliphatic heterocycles. The van der Waals surface area contributed by atoms with Crippen LogP contribution in [0.15, 0.2) is 24.3 Å². The van der Waals surface area contributed by atoms with Gasteiger partial charge in [0.25, 0.3) is 0 Å². The number of halogens is 2. The predicted molar refractivity (Wildman–Crippen MR) is 75.5 cm³/mol. The first-order valence-electron chi connectivity index (χ1n) is 5.58. The zero-order valence-electron chi connectivity index (χ0n) is 10.0. The summed E-state index contributed by atoms with van der Waals surface area (Å²) in [6, 6.07) is 7.18. The van der Waals surface area contributed by atoms with E-state index in [-0.39, 0.29) is 18.3 Å². The molecule has 0 radical (unpaired) electrons. The largest absolute Gasteiger partial charge is 0.491 e. The summed E-state index contributed by atoms with van der Waals surface area (Å²) in [5.74, 6) is 0.564. The van der Waals surface area contributed by atoms with Crippen molar-refractivity contribution in [3.05, 3.63) is 29.3 Å². The Morgan fingerprint density at radius 3 is 2.78 bits per heavy atom. The highest BCUT2D eigenvalue weighted by Gasteiger charge is 2.03. The Hall–Kier alpha value is -0.970. The van der Waals surface area contributed by atoms with Crippen molar-refractivity contribution in [2.24, 2.45) is 5.73 Å². The molecule has 18 heavy (non-hydrogen) atoms. The van der Waals surface area contributed by atoms with Gasteiger partial charge in [0.1, 0.15) is 5.75 Å².